The summed E-state index contributed by atoms with van der Waals surface area (Å²) in [6.07, 6.45) is 0. The van der Waals surface area contributed by atoms with Crippen molar-refractivity contribution in [1.82, 2.24) is 4.90 Å². The second-order valence-electron chi connectivity index (χ2n) is 7.15. The first-order valence-corrected chi connectivity index (χ1v) is 10.4. The number of anilines is 2. The van der Waals surface area contributed by atoms with Gasteiger partial charge in [0.1, 0.15) is 5.82 Å². The smallest absolute Gasteiger partial charge is 0.316 e. The molecule has 2 aliphatic rings. The Balaban J connectivity index is 1.52. The molecule has 0 spiro atoms. The Hall–Kier alpha value is -2.35. The Morgan fingerprint density at radius 1 is 0.900 bits per heavy atom. The summed E-state index contributed by atoms with van der Waals surface area (Å²) in [5.41, 5.74) is 2.02. The minimum absolute atomic E-state index is 0.138. The van der Waals surface area contributed by atoms with Crippen molar-refractivity contribution in [3.05, 3.63) is 57.8 Å². The molecule has 4 rings (SSSR count). The zero-order chi connectivity index (χ0) is 21.3. The van der Waals surface area contributed by atoms with Crippen LogP contribution in [0.2, 0.25) is 10.0 Å². The van der Waals surface area contributed by atoms with Crippen LogP contribution < -0.4 is 9.80 Å². The van der Waals surface area contributed by atoms with E-state index in [1.165, 1.54) is 28.0 Å². The van der Waals surface area contributed by atoms with Crippen molar-refractivity contribution in [1.29, 1.82) is 0 Å². The minimum atomic E-state index is -0.652. The summed E-state index contributed by atoms with van der Waals surface area (Å²) in [5.74, 6) is -1.75. The molecule has 0 radical (unpaired) electrons. The molecule has 2 aromatic carbocycles. The van der Waals surface area contributed by atoms with E-state index in [0.29, 0.717) is 42.6 Å². The Morgan fingerprint density at radius 3 is 2.40 bits per heavy atom. The fourth-order valence-electron chi connectivity index (χ4n) is 3.64. The van der Waals surface area contributed by atoms with Crippen LogP contribution in [0.1, 0.15) is 5.56 Å². The highest BCUT2D eigenvalue weighted by atomic mass is 35.5. The number of benzene rings is 2. The van der Waals surface area contributed by atoms with Gasteiger partial charge in [0.2, 0.25) is 0 Å². The van der Waals surface area contributed by atoms with E-state index in [9.17, 15) is 14.0 Å². The number of halogens is 3. The van der Waals surface area contributed by atoms with Crippen molar-refractivity contribution in [2.45, 2.75) is 6.54 Å². The average Bonchev–Trinajstić information content (AvgIpc) is 2.75. The molecule has 158 valence electrons. The van der Waals surface area contributed by atoms with Gasteiger partial charge in [-0.1, -0.05) is 29.3 Å². The van der Waals surface area contributed by atoms with Gasteiger partial charge in [-0.3, -0.25) is 9.59 Å². The van der Waals surface area contributed by atoms with E-state index in [2.05, 4.69) is 4.90 Å². The van der Waals surface area contributed by atoms with Gasteiger partial charge in [-0.15, -0.1) is 0 Å². The Kier molecular flexibility index (Phi) is 6.13. The molecular weight excluding hydrogens is 432 g/mol. The number of amides is 2. The second kappa shape index (κ2) is 8.79. The summed E-state index contributed by atoms with van der Waals surface area (Å²) in [5, 5.41) is 0.627. The topological polar surface area (TPSA) is 53.1 Å². The van der Waals surface area contributed by atoms with Crippen LogP contribution in [0.5, 0.6) is 0 Å². The third-order valence-corrected chi connectivity index (χ3v) is 5.95. The van der Waals surface area contributed by atoms with Crippen LogP contribution in [0.25, 0.3) is 0 Å². The number of carbonyl (C=O) groups is 2. The molecular formula is C21H20Cl2FN3O3. The van der Waals surface area contributed by atoms with Crippen LogP contribution in [-0.4, -0.2) is 56.1 Å². The van der Waals surface area contributed by atoms with E-state index in [0.717, 1.165) is 18.8 Å². The van der Waals surface area contributed by atoms with Crippen LogP contribution in [0.3, 0.4) is 0 Å². The van der Waals surface area contributed by atoms with Gasteiger partial charge in [-0.25, -0.2) is 4.39 Å². The third kappa shape index (κ3) is 4.24. The fraction of sp³-hybridized carbons (Fsp3) is 0.333. The van der Waals surface area contributed by atoms with Gasteiger partial charge in [0.15, 0.2) is 0 Å². The third-order valence-electron chi connectivity index (χ3n) is 5.28. The van der Waals surface area contributed by atoms with Crippen LogP contribution in [-0.2, 0) is 20.9 Å². The zero-order valence-corrected chi connectivity index (χ0v) is 17.6. The van der Waals surface area contributed by atoms with E-state index in [4.69, 9.17) is 27.9 Å². The van der Waals surface area contributed by atoms with E-state index in [1.807, 2.05) is 12.1 Å². The van der Waals surface area contributed by atoms with Crippen molar-refractivity contribution < 1.29 is 18.7 Å². The first-order chi connectivity index (χ1) is 14.4. The van der Waals surface area contributed by atoms with Gasteiger partial charge < -0.3 is 19.4 Å². The summed E-state index contributed by atoms with van der Waals surface area (Å²) in [6.45, 7) is 3.53. The number of piperazine rings is 1. The van der Waals surface area contributed by atoms with Crippen LogP contribution in [0.4, 0.5) is 15.8 Å². The molecule has 2 aliphatic heterocycles. The lowest BCUT2D eigenvalue weighted by molar-refractivity contribution is -0.146. The SMILES string of the molecule is O=C1C(=O)N(c2cc(N3CCOCC3)ccc2Cl)CCN1Cc1ccc(F)cc1Cl. The summed E-state index contributed by atoms with van der Waals surface area (Å²) >= 11 is 12.4. The maximum Gasteiger partial charge on any atom is 0.316 e. The predicted molar refractivity (Wildman–Crippen MR) is 114 cm³/mol. The molecule has 2 aromatic rings. The summed E-state index contributed by atoms with van der Waals surface area (Å²) < 4.78 is 18.6. The molecule has 0 N–H and O–H groups in total. The Morgan fingerprint density at radius 2 is 1.67 bits per heavy atom. The summed E-state index contributed by atoms with van der Waals surface area (Å²) in [6, 6.07) is 9.47. The minimum Gasteiger partial charge on any atom is -0.378 e. The molecule has 2 fully saturated rings. The van der Waals surface area contributed by atoms with E-state index in [1.54, 1.807) is 6.07 Å². The normalized spacial score (nSPS) is 17.6. The van der Waals surface area contributed by atoms with Gasteiger partial charge in [0, 0.05) is 43.4 Å². The highest BCUT2D eigenvalue weighted by molar-refractivity contribution is 6.42. The Labute approximate surface area is 183 Å². The number of ether oxygens (including phenoxy) is 1. The number of rotatable bonds is 4. The van der Waals surface area contributed by atoms with Gasteiger partial charge >= 0.3 is 11.8 Å². The van der Waals surface area contributed by atoms with Gasteiger partial charge in [0.05, 0.1) is 23.9 Å². The predicted octanol–water partition coefficient (Wildman–Crippen LogP) is 3.34. The summed E-state index contributed by atoms with van der Waals surface area (Å²) in [7, 11) is 0. The quantitative estimate of drug-likeness (QED) is 0.668. The molecule has 0 atom stereocenters. The molecule has 30 heavy (non-hydrogen) atoms. The standard InChI is InChI=1S/C21H20Cl2FN3O3/c22-17-4-3-16(25-7-9-30-10-8-25)12-19(17)27-6-5-26(20(28)21(27)29)13-14-1-2-15(24)11-18(14)23/h1-4,11-12H,5-10,13H2. The molecule has 0 aliphatic carbocycles. The van der Waals surface area contributed by atoms with E-state index in [-0.39, 0.29) is 11.6 Å². The molecule has 2 amide bonds. The fourth-order valence-corrected chi connectivity index (χ4v) is 4.08. The molecule has 2 saturated heterocycles. The molecule has 0 unspecified atom stereocenters. The monoisotopic (exact) mass is 451 g/mol. The maximum atomic E-state index is 13.3. The van der Waals surface area contributed by atoms with E-state index < -0.39 is 17.6 Å². The van der Waals surface area contributed by atoms with Crippen molar-refractivity contribution >= 4 is 46.4 Å². The van der Waals surface area contributed by atoms with Crippen molar-refractivity contribution in [2.24, 2.45) is 0 Å². The number of nitrogens with zero attached hydrogens (tertiary/aromatic N) is 3. The number of carbonyl (C=O) groups excluding carboxylic acids is 2. The zero-order valence-electron chi connectivity index (χ0n) is 16.1. The van der Waals surface area contributed by atoms with Crippen LogP contribution >= 0.6 is 23.2 Å². The molecule has 6 nitrogen and oxygen atoms in total. The van der Waals surface area contributed by atoms with Crippen molar-refractivity contribution in [3.63, 3.8) is 0 Å². The largest absolute Gasteiger partial charge is 0.378 e. The number of hydrogen-bond donors (Lipinski definition) is 0. The second-order valence-corrected chi connectivity index (χ2v) is 7.97. The first kappa shape index (κ1) is 20.9. The highest BCUT2D eigenvalue weighted by Gasteiger charge is 2.34. The molecule has 0 aromatic heterocycles. The van der Waals surface area contributed by atoms with Gasteiger partial charge in [0.25, 0.3) is 0 Å². The average molecular weight is 452 g/mol. The lowest BCUT2D eigenvalue weighted by Gasteiger charge is -2.35. The lowest BCUT2D eigenvalue weighted by atomic mass is 10.1. The highest BCUT2D eigenvalue weighted by Crippen LogP contribution is 2.32. The van der Waals surface area contributed by atoms with Crippen LogP contribution in [0, 0.1) is 5.82 Å². The Bertz CT molecular complexity index is 982. The molecule has 0 saturated carbocycles. The van der Waals surface area contributed by atoms with Gasteiger partial charge in [-0.05, 0) is 35.9 Å². The summed E-state index contributed by atoms with van der Waals surface area (Å²) in [4.78, 5) is 30.6. The van der Waals surface area contributed by atoms with Crippen LogP contribution in [0.15, 0.2) is 36.4 Å². The molecule has 2 heterocycles. The number of hydrogen-bond acceptors (Lipinski definition) is 4. The van der Waals surface area contributed by atoms with Crippen molar-refractivity contribution in [3.8, 4) is 0 Å². The molecule has 0 bridgehead atoms. The maximum absolute atomic E-state index is 13.3. The van der Waals surface area contributed by atoms with Gasteiger partial charge in [-0.2, -0.15) is 0 Å². The lowest BCUT2D eigenvalue weighted by Crippen LogP contribution is -2.54. The van der Waals surface area contributed by atoms with Crippen molar-refractivity contribution in [2.75, 3.05) is 49.2 Å². The number of morpholine rings is 1. The van der Waals surface area contributed by atoms with E-state index >= 15 is 0 Å². The first-order valence-electron chi connectivity index (χ1n) is 9.61. The molecule has 9 heteroatoms.